The van der Waals surface area contributed by atoms with Gasteiger partial charge >= 0.3 is 0 Å². The highest BCUT2D eigenvalue weighted by atomic mass is 35.5. The highest BCUT2D eigenvalue weighted by Gasteiger charge is 2.43. The van der Waals surface area contributed by atoms with E-state index < -0.39 is 0 Å². The van der Waals surface area contributed by atoms with Crippen molar-refractivity contribution < 1.29 is 9.59 Å². The molecular formula is C22H23ClN2O2. The maximum absolute atomic E-state index is 12.9. The van der Waals surface area contributed by atoms with E-state index in [1.165, 1.54) is 10.5 Å². The first kappa shape index (κ1) is 18.2. The predicted molar refractivity (Wildman–Crippen MR) is 107 cm³/mol. The van der Waals surface area contributed by atoms with Crippen LogP contribution in [-0.2, 0) is 16.0 Å². The minimum Gasteiger partial charge on any atom is -0.292 e. The molecule has 140 valence electrons. The van der Waals surface area contributed by atoms with Crippen molar-refractivity contribution in [3.8, 4) is 0 Å². The number of amides is 2. The van der Waals surface area contributed by atoms with Crippen LogP contribution < -0.4 is 4.90 Å². The Balaban J connectivity index is 1.38. The van der Waals surface area contributed by atoms with Crippen LogP contribution in [0.25, 0.3) is 0 Å². The fourth-order valence-electron chi connectivity index (χ4n) is 4.18. The third-order valence-electron chi connectivity index (χ3n) is 5.66. The summed E-state index contributed by atoms with van der Waals surface area (Å²) in [6.07, 6.45) is 3.48. The number of hydrogen-bond donors (Lipinski definition) is 0. The van der Waals surface area contributed by atoms with E-state index in [1.807, 2.05) is 6.07 Å². The molecule has 4 rings (SSSR count). The Hall–Kier alpha value is -2.17. The molecule has 2 aliphatic heterocycles. The maximum atomic E-state index is 12.9. The number of imide groups is 1. The Kier molecular flexibility index (Phi) is 5.28. The summed E-state index contributed by atoms with van der Waals surface area (Å²) in [4.78, 5) is 28.9. The summed E-state index contributed by atoms with van der Waals surface area (Å²) < 4.78 is 0. The lowest BCUT2D eigenvalue weighted by atomic mass is 9.89. The lowest BCUT2D eigenvalue weighted by molar-refractivity contribution is -0.123. The molecular weight excluding hydrogens is 360 g/mol. The van der Waals surface area contributed by atoms with Gasteiger partial charge in [0.15, 0.2) is 0 Å². The van der Waals surface area contributed by atoms with Crippen LogP contribution in [0.4, 0.5) is 5.69 Å². The molecule has 4 nitrogen and oxygen atoms in total. The zero-order valence-electron chi connectivity index (χ0n) is 15.2. The second-order valence-electron chi connectivity index (χ2n) is 7.43. The lowest BCUT2D eigenvalue weighted by Crippen LogP contribution is -2.46. The third kappa shape index (κ3) is 3.92. The second-order valence-corrected chi connectivity index (χ2v) is 7.87. The van der Waals surface area contributed by atoms with E-state index in [2.05, 4.69) is 29.2 Å². The number of hydrogen-bond acceptors (Lipinski definition) is 3. The highest BCUT2D eigenvalue weighted by molar-refractivity contribution is 6.30. The molecule has 0 saturated carbocycles. The average molecular weight is 383 g/mol. The van der Waals surface area contributed by atoms with Crippen LogP contribution in [0.1, 0.15) is 24.8 Å². The molecule has 0 spiro atoms. The summed E-state index contributed by atoms with van der Waals surface area (Å²) in [5.74, 6) is 0.408. The Bertz CT molecular complexity index is 814. The van der Waals surface area contributed by atoms with Crippen molar-refractivity contribution in [2.45, 2.75) is 31.7 Å². The van der Waals surface area contributed by atoms with Crippen molar-refractivity contribution in [2.24, 2.45) is 5.92 Å². The fraction of sp³-hybridized carbons (Fsp3) is 0.364. The quantitative estimate of drug-likeness (QED) is 0.752. The van der Waals surface area contributed by atoms with Gasteiger partial charge in [-0.25, -0.2) is 4.90 Å². The zero-order valence-corrected chi connectivity index (χ0v) is 15.9. The Morgan fingerprint density at radius 3 is 2.26 bits per heavy atom. The van der Waals surface area contributed by atoms with Crippen LogP contribution in [0.3, 0.4) is 0 Å². The van der Waals surface area contributed by atoms with E-state index in [9.17, 15) is 9.59 Å². The summed E-state index contributed by atoms with van der Waals surface area (Å²) >= 11 is 5.92. The van der Waals surface area contributed by atoms with Crippen LogP contribution in [0, 0.1) is 5.92 Å². The Morgan fingerprint density at radius 1 is 0.926 bits per heavy atom. The molecule has 2 aromatic rings. The second kappa shape index (κ2) is 7.83. The molecule has 2 amide bonds. The normalized spacial score (nSPS) is 21.8. The molecule has 2 heterocycles. The van der Waals surface area contributed by atoms with Gasteiger partial charge in [-0.15, -0.1) is 0 Å². The predicted octanol–water partition coefficient (Wildman–Crippen LogP) is 3.93. The molecule has 1 atom stereocenters. The molecule has 2 aliphatic rings. The number of rotatable bonds is 4. The maximum Gasteiger partial charge on any atom is 0.251 e. The minimum absolute atomic E-state index is 0.108. The molecule has 2 saturated heterocycles. The van der Waals surface area contributed by atoms with E-state index in [-0.39, 0.29) is 24.3 Å². The van der Waals surface area contributed by atoms with Crippen molar-refractivity contribution in [3.63, 3.8) is 0 Å². The van der Waals surface area contributed by atoms with Crippen molar-refractivity contribution in [1.82, 2.24) is 4.90 Å². The molecule has 27 heavy (non-hydrogen) atoms. The van der Waals surface area contributed by atoms with Crippen LogP contribution in [0.2, 0.25) is 5.02 Å². The van der Waals surface area contributed by atoms with E-state index in [0.717, 1.165) is 32.4 Å². The summed E-state index contributed by atoms with van der Waals surface area (Å²) in [5, 5.41) is 0.592. The van der Waals surface area contributed by atoms with Crippen LogP contribution in [0.15, 0.2) is 54.6 Å². The first-order chi connectivity index (χ1) is 13.1. The summed E-state index contributed by atoms with van der Waals surface area (Å²) in [6, 6.07) is 17.1. The highest BCUT2D eigenvalue weighted by Crippen LogP contribution is 2.30. The molecule has 0 radical (unpaired) electrons. The van der Waals surface area contributed by atoms with Crippen LogP contribution in [-0.4, -0.2) is 35.8 Å². The van der Waals surface area contributed by atoms with Gasteiger partial charge in [0.2, 0.25) is 5.91 Å². The molecule has 2 aromatic carbocycles. The van der Waals surface area contributed by atoms with E-state index in [0.29, 0.717) is 16.6 Å². The molecule has 0 bridgehead atoms. The van der Waals surface area contributed by atoms with Crippen molar-refractivity contribution in [3.05, 3.63) is 65.2 Å². The van der Waals surface area contributed by atoms with Gasteiger partial charge < -0.3 is 0 Å². The minimum atomic E-state index is -0.328. The van der Waals surface area contributed by atoms with E-state index in [1.54, 1.807) is 24.3 Å². The van der Waals surface area contributed by atoms with E-state index >= 15 is 0 Å². The molecule has 5 heteroatoms. The van der Waals surface area contributed by atoms with Crippen LogP contribution >= 0.6 is 11.6 Å². The first-order valence-electron chi connectivity index (χ1n) is 9.52. The largest absolute Gasteiger partial charge is 0.292 e. The monoisotopic (exact) mass is 382 g/mol. The zero-order chi connectivity index (χ0) is 18.8. The van der Waals surface area contributed by atoms with Crippen molar-refractivity contribution >= 4 is 29.1 Å². The number of nitrogens with zero attached hydrogens (tertiary/aromatic N) is 2. The third-order valence-corrected chi connectivity index (χ3v) is 5.92. The molecule has 0 aliphatic carbocycles. The van der Waals surface area contributed by atoms with Gasteiger partial charge in [-0.1, -0.05) is 41.9 Å². The Morgan fingerprint density at radius 2 is 1.59 bits per heavy atom. The fourth-order valence-corrected chi connectivity index (χ4v) is 4.30. The molecule has 2 fully saturated rings. The van der Waals surface area contributed by atoms with Gasteiger partial charge in [0.1, 0.15) is 0 Å². The van der Waals surface area contributed by atoms with Crippen molar-refractivity contribution in [2.75, 3.05) is 18.0 Å². The number of carbonyl (C=O) groups excluding carboxylic acids is 2. The summed E-state index contributed by atoms with van der Waals surface area (Å²) in [5.41, 5.74) is 1.98. The molecule has 0 aromatic heterocycles. The number of likely N-dealkylation sites (tertiary alicyclic amines) is 1. The topological polar surface area (TPSA) is 40.6 Å². The number of benzene rings is 2. The SMILES string of the molecule is O=C1C[C@H](N2CCC(Cc3ccccc3)CC2)C(=O)N1c1ccc(Cl)cc1. The van der Waals surface area contributed by atoms with Crippen molar-refractivity contribution in [1.29, 1.82) is 0 Å². The van der Waals surface area contributed by atoms with Gasteiger partial charge in [0.25, 0.3) is 5.91 Å². The first-order valence-corrected chi connectivity index (χ1v) is 9.90. The number of carbonyl (C=O) groups is 2. The lowest BCUT2D eigenvalue weighted by Gasteiger charge is -2.34. The summed E-state index contributed by atoms with van der Waals surface area (Å²) in [6.45, 7) is 1.74. The summed E-state index contributed by atoms with van der Waals surface area (Å²) in [7, 11) is 0. The average Bonchev–Trinajstić information content (AvgIpc) is 2.98. The van der Waals surface area contributed by atoms with Gasteiger partial charge in [-0.05, 0) is 68.1 Å². The number of piperidine rings is 1. The standard InChI is InChI=1S/C22H23ClN2O2/c23-18-6-8-19(9-7-18)25-21(26)15-20(22(25)27)24-12-10-17(11-13-24)14-16-4-2-1-3-5-16/h1-9,17,20H,10-15H2/t20-/m0/s1. The number of anilines is 1. The molecule has 0 unspecified atom stereocenters. The van der Waals surface area contributed by atoms with Gasteiger partial charge in [-0.2, -0.15) is 0 Å². The van der Waals surface area contributed by atoms with Gasteiger partial charge in [0.05, 0.1) is 18.2 Å². The van der Waals surface area contributed by atoms with E-state index in [4.69, 9.17) is 11.6 Å². The smallest absolute Gasteiger partial charge is 0.251 e. The number of halogens is 1. The van der Waals surface area contributed by atoms with Gasteiger partial charge in [0, 0.05) is 5.02 Å². The molecule has 0 N–H and O–H groups in total. The van der Waals surface area contributed by atoms with Crippen LogP contribution in [0.5, 0.6) is 0 Å². The van der Waals surface area contributed by atoms with Gasteiger partial charge in [-0.3, -0.25) is 14.5 Å². The Labute approximate surface area is 164 Å².